The van der Waals surface area contributed by atoms with Crippen molar-refractivity contribution in [1.82, 2.24) is 5.32 Å². The van der Waals surface area contributed by atoms with Crippen LogP contribution in [0, 0.1) is 10.1 Å². The second-order valence-electron chi connectivity index (χ2n) is 6.47. The molecule has 29 heavy (non-hydrogen) atoms. The Morgan fingerprint density at radius 3 is 2.21 bits per heavy atom. The van der Waals surface area contributed by atoms with Crippen molar-refractivity contribution < 1.29 is 19.2 Å². The lowest BCUT2D eigenvalue weighted by atomic mass is 9.79. The highest BCUT2D eigenvalue weighted by atomic mass is 16.6. The van der Waals surface area contributed by atoms with Crippen molar-refractivity contribution in [1.29, 1.82) is 0 Å². The van der Waals surface area contributed by atoms with E-state index >= 15 is 0 Å². The molecule has 156 valence electrons. The zero-order valence-corrected chi connectivity index (χ0v) is 16.1. The first-order chi connectivity index (χ1) is 13.8. The van der Waals surface area contributed by atoms with Crippen LogP contribution in [0.5, 0.6) is 0 Å². The van der Waals surface area contributed by atoms with Gasteiger partial charge in [0.05, 0.1) is 22.8 Å². The van der Waals surface area contributed by atoms with Gasteiger partial charge in [0.25, 0.3) is 5.69 Å². The number of carbonyl (C=O) groups excluding carboxylic acids is 2. The summed E-state index contributed by atoms with van der Waals surface area (Å²) in [5.74, 6) is -2.30. The number of rotatable bonds is 10. The molecule has 0 aromatic heterocycles. The fourth-order valence-electron chi connectivity index (χ4n) is 3.27. The smallest absolute Gasteiger partial charge is 0.269 e. The summed E-state index contributed by atoms with van der Waals surface area (Å²) in [5, 5.41) is 14.0. The fraction of sp³-hybridized carbons (Fsp3) is 0.368. The Labute approximate surface area is 167 Å². The topological polar surface area (TPSA) is 177 Å². The van der Waals surface area contributed by atoms with Crippen LogP contribution < -0.4 is 22.5 Å². The summed E-state index contributed by atoms with van der Waals surface area (Å²) in [7, 11) is 0. The van der Waals surface area contributed by atoms with Gasteiger partial charge in [-0.1, -0.05) is 19.1 Å². The third-order valence-electron chi connectivity index (χ3n) is 4.59. The van der Waals surface area contributed by atoms with Gasteiger partial charge in [0, 0.05) is 35.9 Å². The summed E-state index contributed by atoms with van der Waals surface area (Å²) in [6.45, 7) is 2.76. The second kappa shape index (κ2) is 9.80. The van der Waals surface area contributed by atoms with E-state index in [0.717, 1.165) is 0 Å². The molecule has 10 nitrogen and oxygen atoms in total. The van der Waals surface area contributed by atoms with Gasteiger partial charge in [-0.05, 0) is 24.9 Å². The quantitative estimate of drug-likeness (QED) is 0.250. The average Bonchev–Trinajstić information content (AvgIpc) is 2.69. The number of nitrogens with two attached hydrogens (primary N) is 3. The molecule has 1 heterocycles. The molecule has 2 amide bonds. The van der Waals surface area contributed by atoms with Crippen LogP contribution in [0.25, 0.3) is 0 Å². The summed E-state index contributed by atoms with van der Waals surface area (Å²) in [6, 6.07) is 5.58. The van der Waals surface area contributed by atoms with Gasteiger partial charge in [0.1, 0.15) is 0 Å². The number of hydrogen-bond acceptors (Lipinski definition) is 7. The molecule has 1 unspecified atom stereocenters. The normalized spacial score (nSPS) is 16.6. The van der Waals surface area contributed by atoms with E-state index in [1.54, 1.807) is 0 Å². The Kier molecular flexibility index (Phi) is 7.46. The Bertz CT molecular complexity index is 860. The SMILES string of the molecule is CCC1=C(C(N)=O)C(c2ccc([N+](=O)[O-])cc2)C(C(N)=O)=C(COCCCN)N1. The van der Waals surface area contributed by atoms with E-state index in [4.69, 9.17) is 21.9 Å². The van der Waals surface area contributed by atoms with Crippen LogP contribution in [0.15, 0.2) is 46.8 Å². The van der Waals surface area contributed by atoms with Crippen LogP contribution in [0.2, 0.25) is 0 Å². The zero-order valence-electron chi connectivity index (χ0n) is 16.1. The molecular formula is C19H25N5O5. The number of nitro benzene ring substituents is 1. The molecule has 1 atom stereocenters. The molecule has 1 aliphatic rings. The number of nitro groups is 1. The summed E-state index contributed by atoms with van der Waals surface area (Å²) < 4.78 is 5.58. The number of carbonyl (C=O) groups is 2. The van der Waals surface area contributed by atoms with E-state index in [2.05, 4.69) is 5.32 Å². The molecule has 0 radical (unpaired) electrons. The molecule has 0 fully saturated rings. The highest BCUT2D eigenvalue weighted by molar-refractivity contribution is 6.02. The van der Waals surface area contributed by atoms with Gasteiger partial charge in [-0.15, -0.1) is 0 Å². The summed E-state index contributed by atoms with van der Waals surface area (Å²) in [4.78, 5) is 35.0. The van der Waals surface area contributed by atoms with Gasteiger partial charge in [-0.3, -0.25) is 19.7 Å². The van der Waals surface area contributed by atoms with Crippen molar-refractivity contribution in [3.63, 3.8) is 0 Å². The molecule has 10 heteroatoms. The predicted molar refractivity (Wildman–Crippen MR) is 106 cm³/mol. The highest BCUT2D eigenvalue weighted by Gasteiger charge is 2.36. The lowest BCUT2D eigenvalue weighted by molar-refractivity contribution is -0.384. The Morgan fingerprint density at radius 1 is 1.14 bits per heavy atom. The number of primary amides is 2. The van der Waals surface area contributed by atoms with Crippen LogP contribution in [-0.2, 0) is 14.3 Å². The molecule has 1 aliphatic heterocycles. The summed E-state index contributed by atoms with van der Waals surface area (Å²) >= 11 is 0. The van der Waals surface area contributed by atoms with E-state index in [0.29, 0.717) is 43.0 Å². The van der Waals surface area contributed by atoms with E-state index in [9.17, 15) is 19.7 Å². The van der Waals surface area contributed by atoms with Crippen LogP contribution in [-0.4, -0.2) is 36.5 Å². The molecular weight excluding hydrogens is 378 g/mol. The maximum Gasteiger partial charge on any atom is 0.269 e. The average molecular weight is 403 g/mol. The van der Waals surface area contributed by atoms with Gasteiger partial charge in [-0.2, -0.15) is 0 Å². The predicted octanol–water partition coefficient (Wildman–Crippen LogP) is 0.536. The Morgan fingerprint density at radius 2 is 1.72 bits per heavy atom. The molecule has 0 spiro atoms. The first kappa shape index (κ1) is 22.1. The third-order valence-corrected chi connectivity index (χ3v) is 4.59. The Balaban J connectivity index is 2.58. The summed E-state index contributed by atoms with van der Waals surface area (Å²) in [6.07, 6.45) is 1.09. The minimum Gasteiger partial charge on any atom is -0.375 e. The van der Waals surface area contributed by atoms with Crippen molar-refractivity contribution in [2.45, 2.75) is 25.7 Å². The molecule has 2 rings (SSSR count). The van der Waals surface area contributed by atoms with Crippen molar-refractivity contribution in [2.24, 2.45) is 17.2 Å². The van der Waals surface area contributed by atoms with Crippen molar-refractivity contribution >= 4 is 17.5 Å². The van der Waals surface area contributed by atoms with E-state index in [1.165, 1.54) is 24.3 Å². The van der Waals surface area contributed by atoms with Crippen LogP contribution in [0.4, 0.5) is 5.69 Å². The van der Waals surface area contributed by atoms with Crippen molar-refractivity contribution in [3.8, 4) is 0 Å². The second-order valence-corrected chi connectivity index (χ2v) is 6.47. The molecule has 1 aromatic carbocycles. The number of amides is 2. The minimum absolute atomic E-state index is 0.0668. The molecule has 1 aromatic rings. The molecule has 0 saturated carbocycles. The maximum atomic E-state index is 12.3. The van der Waals surface area contributed by atoms with Crippen LogP contribution in [0.3, 0.4) is 0 Å². The number of allylic oxidation sites excluding steroid dienone is 1. The van der Waals surface area contributed by atoms with Crippen molar-refractivity contribution in [2.75, 3.05) is 19.8 Å². The van der Waals surface area contributed by atoms with Gasteiger partial charge in [0.15, 0.2) is 0 Å². The fourth-order valence-corrected chi connectivity index (χ4v) is 3.27. The zero-order chi connectivity index (χ0) is 21.6. The maximum absolute atomic E-state index is 12.3. The summed E-state index contributed by atoms with van der Waals surface area (Å²) in [5.41, 5.74) is 18.4. The molecule has 7 N–H and O–H groups in total. The lowest BCUT2D eigenvalue weighted by Gasteiger charge is -2.31. The largest absolute Gasteiger partial charge is 0.375 e. The monoisotopic (exact) mass is 403 g/mol. The number of nitrogens with one attached hydrogen (secondary N) is 1. The molecule has 0 aliphatic carbocycles. The number of hydrogen-bond donors (Lipinski definition) is 4. The molecule has 0 bridgehead atoms. The number of dihydropyridines is 1. The number of benzene rings is 1. The third kappa shape index (κ3) is 4.98. The first-order valence-electron chi connectivity index (χ1n) is 9.16. The number of ether oxygens (including phenoxy) is 1. The van der Waals surface area contributed by atoms with E-state index < -0.39 is 22.7 Å². The van der Waals surface area contributed by atoms with Gasteiger partial charge in [0.2, 0.25) is 11.8 Å². The van der Waals surface area contributed by atoms with Gasteiger partial charge < -0.3 is 27.3 Å². The molecule has 0 saturated heterocycles. The standard InChI is InChI=1S/C19H25N5O5/c1-2-13-16(18(21)25)15(11-4-6-12(7-5-11)24(27)28)17(19(22)26)14(23-13)10-29-9-3-8-20/h4-7,15,23H,2-3,8-10,20H2,1H3,(H2,21,25)(H2,22,26). The van der Waals surface area contributed by atoms with Gasteiger partial charge in [-0.25, -0.2) is 0 Å². The van der Waals surface area contributed by atoms with Crippen molar-refractivity contribution in [3.05, 3.63) is 62.5 Å². The first-order valence-corrected chi connectivity index (χ1v) is 9.16. The number of non-ortho nitro benzene ring substituents is 1. The number of nitrogens with zero attached hydrogens (tertiary/aromatic N) is 1. The minimum atomic E-state index is -0.852. The van der Waals surface area contributed by atoms with Crippen LogP contribution >= 0.6 is 0 Å². The van der Waals surface area contributed by atoms with Crippen LogP contribution in [0.1, 0.15) is 31.2 Å². The Hall–Kier alpha value is -3.24. The highest BCUT2D eigenvalue weighted by Crippen LogP contribution is 2.39. The van der Waals surface area contributed by atoms with E-state index in [1.807, 2.05) is 6.92 Å². The van der Waals surface area contributed by atoms with Gasteiger partial charge >= 0.3 is 0 Å². The lowest BCUT2D eigenvalue weighted by Crippen LogP contribution is -2.38. The van der Waals surface area contributed by atoms with E-state index in [-0.39, 0.29) is 23.4 Å².